The Morgan fingerprint density at radius 3 is 2.57 bits per heavy atom. The van der Waals surface area contributed by atoms with Crippen molar-refractivity contribution in [2.24, 2.45) is 10.3 Å². The summed E-state index contributed by atoms with van der Waals surface area (Å²) in [5, 5.41) is 12.1. The molecule has 0 aliphatic rings. The number of rotatable bonds is 6. The highest BCUT2D eigenvalue weighted by molar-refractivity contribution is 6.30. The van der Waals surface area contributed by atoms with E-state index in [1.54, 1.807) is 19.1 Å². The topological polar surface area (TPSA) is 55.2 Å². The lowest BCUT2D eigenvalue weighted by Crippen LogP contribution is -2.26. The minimum Gasteiger partial charge on any atom is -0.397 e. The van der Waals surface area contributed by atoms with E-state index in [2.05, 4.69) is 27.5 Å². The Bertz CT molecular complexity index is 910. The molecule has 146 valence electrons. The average Bonchev–Trinajstić information content (AvgIpc) is 2.68. The molecule has 2 rings (SSSR count). The van der Waals surface area contributed by atoms with E-state index in [1.165, 1.54) is 7.11 Å². The molecule has 0 heterocycles. The molecule has 0 aliphatic carbocycles. The van der Waals surface area contributed by atoms with Crippen LogP contribution in [0.5, 0.6) is 0 Å². The van der Waals surface area contributed by atoms with Crippen molar-refractivity contribution >= 4 is 23.1 Å². The number of hydrogen-bond acceptors (Lipinski definition) is 4. The lowest BCUT2D eigenvalue weighted by atomic mass is 10.0. The first-order valence-corrected chi connectivity index (χ1v) is 9.31. The van der Waals surface area contributed by atoms with Gasteiger partial charge in [0.25, 0.3) is 0 Å². The van der Waals surface area contributed by atoms with E-state index >= 15 is 0 Å². The van der Waals surface area contributed by atoms with E-state index in [0.29, 0.717) is 23.2 Å². The quantitative estimate of drug-likeness (QED) is 0.337. The van der Waals surface area contributed by atoms with Crippen molar-refractivity contribution < 1.29 is 9.68 Å². The number of aryl methyl sites for hydroxylation is 1. The molecule has 0 aliphatic heterocycles. The zero-order chi connectivity index (χ0) is 20.4. The Morgan fingerprint density at radius 2 is 1.89 bits per heavy atom. The standard InChI is InChI=1S/C22H24ClN3O2/c1-5-24-22(26-27-4)20-8-6-7-16(2)21(20)15-28-25-17(3)9-10-18-11-13-19(23)14-12-18/h6-8,11-14H,5,15H2,1-4H3,(H,24,26)/b25-17+. The molecule has 28 heavy (non-hydrogen) atoms. The van der Waals surface area contributed by atoms with Crippen molar-refractivity contribution in [2.45, 2.75) is 27.4 Å². The maximum Gasteiger partial charge on any atom is 0.173 e. The Balaban J connectivity index is 2.13. The van der Waals surface area contributed by atoms with Gasteiger partial charge in [0, 0.05) is 28.3 Å². The van der Waals surface area contributed by atoms with Crippen molar-refractivity contribution in [2.75, 3.05) is 13.7 Å². The molecule has 0 amide bonds. The molecule has 0 saturated heterocycles. The predicted molar refractivity (Wildman–Crippen MR) is 115 cm³/mol. The van der Waals surface area contributed by atoms with Gasteiger partial charge in [0.05, 0.1) is 0 Å². The number of oxime groups is 2. The third-order valence-electron chi connectivity index (χ3n) is 3.83. The summed E-state index contributed by atoms with van der Waals surface area (Å²) < 4.78 is 0. The maximum atomic E-state index is 5.88. The molecule has 0 saturated carbocycles. The van der Waals surface area contributed by atoms with Gasteiger partial charge < -0.3 is 15.0 Å². The summed E-state index contributed by atoms with van der Waals surface area (Å²) in [6, 6.07) is 13.3. The van der Waals surface area contributed by atoms with Crippen LogP contribution >= 0.6 is 11.6 Å². The van der Waals surface area contributed by atoms with Gasteiger partial charge in [-0.05, 0) is 56.5 Å². The van der Waals surface area contributed by atoms with Crippen LogP contribution in [0.25, 0.3) is 0 Å². The molecule has 0 unspecified atom stereocenters. The molecular weight excluding hydrogens is 374 g/mol. The number of nitrogens with zero attached hydrogens (tertiary/aromatic N) is 2. The zero-order valence-corrected chi connectivity index (χ0v) is 17.3. The molecule has 0 fully saturated rings. The summed E-state index contributed by atoms with van der Waals surface area (Å²) in [5.41, 5.74) is 4.44. The molecule has 6 heteroatoms. The van der Waals surface area contributed by atoms with Gasteiger partial charge in [-0.3, -0.25) is 0 Å². The smallest absolute Gasteiger partial charge is 0.173 e. The maximum absolute atomic E-state index is 5.88. The predicted octanol–water partition coefficient (Wildman–Crippen LogP) is 4.51. The van der Waals surface area contributed by atoms with Gasteiger partial charge in [0.1, 0.15) is 19.4 Å². The molecule has 0 atom stereocenters. The van der Waals surface area contributed by atoms with E-state index in [-0.39, 0.29) is 0 Å². The van der Waals surface area contributed by atoms with Gasteiger partial charge in [0.15, 0.2) is 5.84 Å². The molecule has 1 N–H and O–H groups in total. The first-order valence-electron chi connectivity index (χ1n) is 8.93. The second-order valence-electron chi connectivity index (χ2n) is 5.96. The molecule has 0 spiro atoms. The molecule has 5 nitrogen and oxygen atoms in total. The van der Waals surface area contributed by atoms with Crippen LogP contribution in [0.1, 0.15) is 36.1 Å². The van der Waals surface area contributed by atoms with Crippen molar-refractivity contribution in [1.29, 1.82) is 0 Å². The van der Waals surface area contributed by atoms with Crippen LogP contribution in [0.4, 0.5) is 0 Å². The van der Waals surface area contributed by atoms with Crippen molar-refractivity contribution in [3.8, 4) is 11.8 Å². The third-order valence-corrected chi connectivity index (χ3v) is 4.09. The fourth-order valence-electron chi connectivity index (χ4n) is 2.46. The van der Waals surface area contributed by atoms with Crippen molar-refractivity contribution in [1.82, 2.24) is 5.32 Å². The minimum atomic E-state index is 0.302. The van der Waals surface area contributed by atoms with Crippen LogP contribution < -0.4 is 5.32 Å². The fraction of sp³-hybridized carbons (Fsp3) is 0.273. The van der Waals surface area contributed by atoms with Gasteiger partial charge >= 0.3 is 0 Å². The number of hydrogen-bond donors (Lipinski definition) is 1. The average molecular weight is 398 g/mol. The first-order chi connectivity index (χ1) is 13.5. The Labute approximate surface area is 171 Å². The van der Waals surface area contributed by atoms with E-state index < -0.39 is 0 Å². The SMILES string of the molecule is CCN/C(=N/OC)c1cccc(C)c1CO/N=C(\C)C#Cc1ccc(Cl)cc1. The van der Waals surface area contributed by atoms with E-state index in [4.69, 9.17) is 21.3 Å². The zero-order valence-electron chi connectivity index (χ0n) is 16.5. The molecule has 0 bridgehead atoms. The Morgan fingerprint density at radius 1 is 1.14 bits per heavy atom. The molecule has 0 radical (unpaired) electrons. The Kier molecular flexibility index (Phi) is 8.38. The Hall–Kier alpha value is -2.97. The minimum absolute atomic E-state index is 0.302. The van der Waals surface area contributed by atoms with Gasteiger partial charge in [-0.2, -0.15) is 0 Å². The lowest BCUT2D eigenvalue weighted by molar-refractivity contribution is 0.130. The van der Waals surface area contributed by atoms with Crippen molar-refractivity contribution in [3.63, 3.8) is 0 Å². The third kappa shape index (κ3) is 6.33. The summed E-state index contributed by atoms with van der Waals surface area (Å²) in [7, 11) is 1.52. The summed E-state index contributed by atoms with van der Waals surface area (Å²) in [5.74, 6) is 6.67. The van der Waals surface area contributed by atoms with Gasteiger partial charge in [-0.15, -0.1) is 0 Å². The normalized spacial score (nSPS) is 11.5. The number of amidine groups is 1. The van der Waals surface area contributed by atoms with Crippen LogP contribution in [-0.4, -0.2) is 25.2 Å². The van der Waals surface area contributed by atoms with Gasteiger partial charge in [0.2, 0.25) is 0 Å². The van der Waals surface area contributed by atoms with E-state index in [9.17, 15) is 0 Å². The summed E-state index contributed by atoms with van der Waals surface area (Å²) in [6.07, 6.45) is 0. The van der Waals surface area contributed by atoms with E-state index in [0.717, 1.165) is 28.8 Å². The molecule has 2 aromatic carbocycles. The summed E-state index contributed by atoms with van der Waals surface area (Å²) in [4.78, 5) is 10.5. The molecular formula is C22H24ClN3O2. The highest BCUT2D eigenvalue weighted by Crippen LogP contribution is 2.16. The second kappa shape index (κ2) is 11.0. The van der Waals surface area contributed by atoms with Gasteiger partial charge in [-0.1, -0.05) is 46.0 Å². The molecule has 0 aromatic heterocycles. The number of halogens is 1. The van der Waals surface area contributed by atoms with Crippen LogP contribution in [-0.2, 0) is 16.3 Å². The lowest BCUT2D eigenvalue weighted by Gasteiger charge is -2.14. The fourth-order valence-corrected chi connectivity index (χ4v) is 2.59. The summed E-state index contributed by atoms with van der Waals surface area (Å²) in [6.45, 7) is 6.86. The molecule has 2 aromatic rings. The van der Waals surface area contributed by atoms with Crippen molar-refractivity contribution in [3.05, 3.63) is 69.7 Å². The van der Waals surface area contributed by atoms with Crippen LogP contribution in [0.3, 0.4) is 0 Å². The highest BCUT2D eigenvalue weighted by atomic mass is 35.5. The summed E-state index contributed by atoms with van der Waals surface area (Å²) >= 11 is 5.88. The van der Waals surface area contributed by atoms with Gasteiger partial charge in [-0.25, -0.2) is 0 Å². The monoisotopic (exact) mass is 397 g/mol. The number of nitrogens with one attached hydrogen (secondary N) is 1. The highest BCUT2D eigenvalue weighted by Gasteiger charge is 2.12. The van der Waals surface area contributed by atoms with E-state index in [1.807, 2.05) is 44.2 Å². The van der Waals surface area contributed by atoms with Crippen LogP contribution in [0.2, 0.25) is 5.02 Å². The first kappa shape index (κ1) is 21.3. The second-order valence-corrected chi connectivity index (χ2v) is 6.40. The van der Waals surface area contributed by atoms with Crippen LogP contribution in [0, 0.1) is 18.8 Å². The largest absolute Gasteiger partial charge is 0.397 e. The van der Waals surface area contributed by atoms with Crippen LogP contribution in [0.15, 0.2) is 52.8 Å². The number of benzene rings is 2.